The summed E-state index contributed by atoms with van der Waals surface area (Å²) in [4.78, 5) is 7.44. The van der Waals surface area contributed by atoms with E-state index in [0.717, 1.165) is 23.7 Å². The molecule has 0 amide bonds. The van der Waals surface area contributed by atoms with E-state index < -0.39 is 0 Å². The van der Waals surface area contributed by atoms with Gasteiger partial charge in [0.15, 0.2) is 0 Å². The number of imidazole rings is 1. The Bertz CT molecular complexity index is 378. The zero-order chi connectivity index (χ0) is 9.80. The third-order valence-corrected chi connectivity index (χ3v) is 2.02. The average Bonchev–Trinajstić information content (AvgIpc) is 2.79. The van der Waals surface area contributed by atoms with Gasteiger partial charge in [-0.05, 0) is 18.7 Å². The summed E-state index contributed by atoms with van der Waals surface area (Å²) in [6.07, 6.45) is 5.03. The molecule has 0 saturated heterocycles. The van der Waals surface area contributed by atoms with Gasteiger partial charge in [0.1, 0.15) is 11.6 Å². The maximum Gasteiger partial charge on any atom is 0.113 e. The van der Waals surface area contributed by atoms with Gasteiger partial charge in [0.25, 0.3) is 0 Å². The predicted molar refractivity (Wildman–Crippen MR) is 52.9 cm³/mol. The van der Waals surface area contributed by atoms with Crippen LogP contribution in [-0.4, -0.2) is 16.5 Å². The Hall–Kier alpha value is -1.55. The van der Waals surface area contributed by atoms with Crippen molar-refractivity contribution in [2.24, 2.45) is 5.73 Å². The Morgan fingerprint density at radius 3 is 3.14 bits per heavy atom. The second-order valence-corrected chi connectivity index (χ2v) is 3.15. The molecule has 0 spiro atoms. The van der Waals surface area contributed by atoms with E-state index in [1.807, 2.05) is 18.3 Å². The molecular weight excluding hydrogens is 178 g/mol. The Kier molecular flexibility index (Phi) is 2.65. The molecule has 0 fully saturated rings. The number of hydrogen-bond donors (Lipinski definition) is 2. The van der Waals surface area contributed by atoms with Gasteiger partial charge in [0.2, 0.25) is 0 Å². The van der Waals surface area contributed by atoms with Crippen molar-refractivity contribution in [3.8, 4) is 0 Å². The van der Waals surface area contributed by atoms with Gasteiger partial charge < -0.3 is 15.1 Å². The van der Waals surface area contributed by atoms with Crippen LogP contribution >= 0.6 is 0 Å². The number of nitrogens with zero attached hydrogens (tertiary/aromatic N) is 1. The summed E-state index contributed by atoms with van der Waals surface area (Å²) in [5, 5.41) is 0. The lowest BCUT2D eigenvalue weighted by atomic mass is 10.3. The SMILES string of the molecule is NCCc1cnc(Cc2ccco2)[nH]1. The summed E-state index contributed by atoms with van der Waals surface area (Å²) in [7, 11) is 0. The summed E-state index contributed by atoms with van der Waals surface area (Å²) in [6, 6.07) is 3.81. The van der Waals surface area contributed by atoms with Crippen LogP contribution in [0.25, 0.3) is 0 Å². The highest BCUT2D eigenvalue weighted by Crippen LogP contribution is 2.07. The second kappa shape index (κ2) is 4.11. The molecule has 3 N–H and O–H groups in total. The predicted octanol–water partition coefficient (Wildman–Crippen LogP) is 1.09. The van der Waals surface area contributed by atoms with Crippen molar-refractivity contribution in [3.63, 3.8) is 0 Å². The van der Waals surface area contributed by atoms with Crippen molar-refractivity contribution in [1.82, 2.24) is 9.97 Å². The first-order chi connectivity index (χ1) is 6.88. The zero-order valence-electron chi connectivity index (χ0n) is 7.86. The number of nitrogens with one attached hydrogen (secondary N) is 1. The van der Waals surface area contributed by atoms with Crippen LogP contribution in [0, 0.1) is 0 Å². The largest absolute Gasteiger partial charge is 0.469 e. The first-order valence-corrected chi connectivity index (χ1v) is 4.63. The van der Waals surface area contributed by atoms with E-state index in [-0.39, 0.29) is 0 Å². The van der Waals surface area contributed by atoms with Gasteiger partial charge in [0.05, 0.1) is 12.7 Å². The van der Waals surface area contributed by atoms with E-state index in [2.05, 4.69) is 9.97 Å². The Morgan fingerprint density at radius 2 is 2.43 bits per heavy atom. The molecule has 2 rings (SSSR count). The molecule has 0 bridgehead atoms. The second-order valence-electron chi connectivity index (χ2n) is 3.15. The number of rotatable bonds is 4. The quantitative estimate of drug-likeness (QED) is 0.760. The Balaban J connectivity index is 2.03. The molecule has 0 unspecified atom stereocenters. The maximum atomic E-state index is 5.44. The standard InChI is InChI=1S/C10H13N3O/c11-4-3-8-7-12-10(13-8)6-9-2-1-5-14-9/h1-2,5,7H,3-4,6,11H2,(H,12,13). The van der Waals surface area contributed by atoms with Crippen LogP contribution in [0.5, 0.6) is 0 Å². The minimum atomic E-state index is 0.641. The van der Waals surface area contributed by atoms with E-state index in [1.165, 1.54) is 0 Å². The molecule has 4 heteroatoms. The number of hydrogen-bond acceptors (Lipinski definition) is 3. The van der Waals surface area contributed by atoms with E-state index >= 15 is 0 Å². The van der Waals surface area contributed by atoms with Crippen molar-refractivity contribution < 1.29 is 4.42 Å². The summed E-state index contributed by atoms with van der Waals surface area (Å²) in [6.45, 7) is 0.641. The van der Waals surface area contributed by atoms with Crippen LogP contribution in [0.3, 0.4) is 0 Å². The first kappa shape index (κ1) is 9.02. The van der Waals surface area contributed by atoms with Gasteiger partial charge in [-0.2, -0.15) is 0 Å². The van der Waals surface area contributed by atoms with Crippen molar-refractivity contribution in [3.05, 3.63) is 41.9 Å². The minimum Gasteiger partial charge on any atom is -0.469 e. The van der Waals surface area contributed by atoms with Crippen molar-refractivity contribution in [1.29, 1.82) is 0 Å². The van der Waals surface area contributed by atoms with Crippen molar-refractivity contribution in [2.45, 2.75) is 12.8 Å². The first-order valence-electron chi connectivity index (χ1n) is 4.63. The number of nitrogens with two attached hydrogens (primary N) is 1. The molecule has 0 aliphatic rings. The molecular formula is C10H13N3O. The average molecular weight is 191 g/mol. The van der Waals surface area contributed by atoms with Crippen LogP contribution in [0.1, 0.15) is 17.3 Å². The number of furan rings is 1. The molecule has 0 aliphatic carbocycles. The summed E-state index contributed by atoms with van der Waals surface area (Å²) in [5.41, 5.74) is 6.52. The van der Waals surface area contributed by atoms with Crippen LogP contribution in [0.4, 0.5) is 0 Å². The van der Waals surface area contributed by atoms with Crippen molar-refractivity contribution in [2.75, 3.05) is 6.54 Å². The van der Waals surface area contributed by atoms with E-state index in [9.17, 15) is 0 Å². The highest BCUT2D eigenvalue weighted by Gasteiger charge is 2.02. The number of aromatic amines is 1. The van der Waals surface area contributed by atoms with Gasteiger partial charge in [-0.1, -0.05) is 0 Å². The molecule has 74 valence electrons. The van der Waals surface area contributed by atoms with Crippen molar-refractivity contribution >= 4 is 0 Å². The van der Waals surface area contributed by atoms with Crippen LogP contribution in [0.15, 0.2) is 29.0 Å². The lowest BCUT2D eigenvalue weighted by Crippen LogP contribution is -2.02. The highest BCUT2D eigenvalue weighted by molar-refractivity contribution is 5.09. The normalized spacial score (nSPS) is 10.6. The molecule has 0 radical (unpaired) electrons. The molecule has 0 atom stereocenters. The highest BCUT2D eigenvalue weighted by atomic mass is 16.3. The molecule has 0 aromatic carbocycles. The smallest absolute Gasteiger partial charge is 0.113 e. The fourth-order valence-corrected chi connectivity index (χ4v) is 1.36. The minimum absolute atomic E-state index is 0.641. The van der Waals surface area contributed by atoms with Gasteiger partial charge in [-0.15, -0.1) is 0 Å². The molecule has 0 saturated carbocycles. The van der Waals surface area contributed by atoms with Crippen LogP contribution < -0.4 is 5.73 Å². The monoisotopic (exact) mass is 191 g/mol. The van der Waals surface area contributed by atoms with Gasteiger partial charge in [-0.25, -0.2) is 4.98 Å². The summed E-state index contributed by atoms with van der Waals surface area (Å²) in [5.74, 6) is 1.84. The molecule has 14 heavy (non-hydrogen) atoms. The van der Waals surface area contributed by atoms with Crippen LogP contribution in [0.2, 0.25) is 0 Å². The third kappa shape index (κ3) is 2.03. The zero-order valence-corrected chi connectivity index (χ0v) is 7.86. The van der Waals surface area contributed by atoms with E-state index in [0.29, 0.717) is 13.0 Å². The molecule has 2 aromatic heterocycles. The Labute approximate surface area is 82.1 Å². The topological polar surface area (TPSA) is 67.8 Å². The van der Waals surface area contributed by atoms with Gasteiger partial charge in [-0.3, -0.25) is 0 Å². The lowest BCUT2D eigenvalue weighted by molar-refractivity contribution is 0.517. The fraction of sp³-hybridized carbons (Fsp3) is 0.300. The molecule has 4 nitrogen and oxygen atoms in total. The Morgan fingerprint density at radius 1 is 1.50 bits per heavy atom. The molecule has 0 aliphatic heterocycles. The van der Waals surface area contributed by atoms with Crippen LogP contribution in [-0.2, 0) is 12.8 Å². The summed E-state index contributed by atoms with van der Waals surface area (Å²) >= 11 is 0. The number of aromatic nitrogens is 2. The van der Waals surface area contributed by atoms with Gasteiger partial charge >= 0.3 is 0 Å². The maximum absolute atomic E-state index is 5.44. The molecule has 2 aromatic rings. The number of H-pyrrole nitrogens is 1. The lowest BCUT2D eigenvalue weighted by Gasteiger charge is -1.92. The van der Waals surface area contributed by atoms with Gasteiger partial charge in [0, 0.05) is 18.3 Å². The van der Waals surface area contributed by atoms with E-state index in [4.69, 9.17) is 10.2 Å². The third-order valence-electron chi connectivity index (χ3n) is 2.02. The molecule has 2 heterocycles. The fourth-order valence-electron chi connectivity index (χ4n) is 1.36. The van der Waals surface area contributed by atoms with E-state index in [1.54, 1.807) is 6.26 Å². The summed E-state index contributed by atoms with van der Waals surface area (Å²) < 4.78 is 5.22.